The Hall–Kier alpha value is -4.15. The summed E-state index contributed by atoms with van der Waals surface area (Å²) < 4.78 is 31.3. The van der Waals surface area contributed by atoms with Crippen LogP contribution in [0.4, 0.5) is 17.1 Å². The molecule has 4 rings (SSSR count). The van der Waals surface area contributed by atoms with Crippen LogP contribution in [0.1, 0.15) is 34.8 Å². The maximum atomic E-state index is 13.2. The average Bonchev–Trinajstić information content (AvgIpc) is 3.25. The highest BCUT2D eigenvalue weighted by Crippen LogP contribution is 2.38. The van der Waals surface area contributed by atoms with Gasteiger partial charge in [-0.2, -0.15) is 0 Å². The van der Waals surface area contributed by atoms with Gasteiger partial charge in [-0.25, -0.2) is 13.2 Å². The first-order chi connectivity index (χ1) is 18.7. The number of nitrogens with one attached hydrogen (secondary N) is 3. The van der Waals surface area contributed by atoms with Crippen LogP contribution < -0.4 is 20.3 Å². The second-order valence-electron chi connectivity index (χ2n) is 9.02. The van der Waals surface area contributed by atoms with Crippen molar-refractivity contribution >= 4 is 50.2 Å². The van der Waals surface area contributed by atoms with E-state index in [4.69, 9.17) is 4.74 Å². The minimum Gasteiger partial charge on any atom is -0.462 e. The Morgan fingerprint density at radius 2 is 1.72 bits per heavy atom. The number of carbonyl (C=O) groups excluding carboxylic acids is 2. The quantitative estimate of drug-likeness (QED) is 0.187. The minimum atomic E-state index is -3.45. The fraction of sp³-hybridized carbons (Fsp3) is 0.241. The van der Waals surface area contributed by atoms with E-state index in [1.165, 1.54) is 10.6 Å². The van der Waals surface area contributed by atoms with Gasteiger partial charge in [-0.3, -0.25) is 9.10 Å². The molecule has 3 N–H and O–H groups in total. The topological polar surface area (TPSA) is 117 Å². The number of sulfonamides is 1. The van der Waals surface area contributed by atoms with Crippen LogP contribution in [-0.4, -0.2) is 53.3 Å². The van der Waals surface area contributed by atoms with E-state index in [2.05, 4.69) is 16.0 Å². The van der Waals surface area contributed by atoms with Crippen molar-refractivity contribution in [2.75, 3.05) is 47.9 Å². The number of amides is 1. The van der Waals surface area contributed by atoms with Crippen molar-refractivity contribution in [3.05, 3.63) is 89.5 Å². The number of anilines is 3. The van der Waals surface area contributed by atoms with Gasteiger partial charge in [0.1, 0.15) is 0 Å². The van der Waals surface area contributed by atoms with Gasteiger partial charge < -0.3 is 20.7 Å². The molecule has 1 heterocycles. The van der Waals surface area contributed by atoms with Crippen LogP contribution in [0, 0.1) is 0 Å². The third-order valence-corrected chi connectivity index (χ3v) is 7.39. The van der Waals surface area contributed by atoms with Crippen LogP contribution in [0.25, 0.3) is 11.3 Å². The molecule has 0 atom stereocenters. The molecule has 10 heteroatoms. The number of fused-ring (bicyclic) bond motifs is 1. The van der Waals surface area contributed by atoms with Crippen molar-refractivity contribution in [1.29, 1.82) is 0 Å². The van der Waals surface area contributed by atoms with Crippen molar-refractivity contribution in [3.63, 3.8) is 0 Å². The standard InChI is InChI=1S/C29H32N4O5S/c1-4-38-29(35)21-11-16-24-25(19-21)32-28(34)26(24)27(20-9-6-5-7-10-20)31-22-12-14-23(15-13-22)33(39(3,36)37)18-8-17-30-2/h5-7,9-16,19,30-31H,4,8,17-18H2,1-3H3,(H,32,34)/b27-26-. The van der Waals surface area contributed by atoms with Gasteiger partial charge in [-0.1, -0.05) is 36.4 Å². The number of esters is 1. The van der Waals surface area contributed by atoms with Crippen molar-refractivity contribution < 1.29 is 22.7 Å². The summed E-state index contributed by atoms with van der Waals surface area (Å²) in [4.78, 5) is 25.4. The Kier molecular flexibility index (Phi) is 8.68. The molecule has 1 amide bonds. The molecule has 9 nitrogen and oxygen atoms in total. The summed E-state index contributed by atoms with van der Waals surface area (Å²) in [5.74, 6) is -0.760. The van der Waals surface area contributed by atoms with Gasteiger partial charge in [0.15, 0.2) is 0 Å². The molecule has 1 aliphatic rings. The molecule has 3 aromatic rings. The SMILES string of the molecule is CCOC(=O)c1ccc2c(c1)NC(=O)/C2=C(\Nc1ccc(N(CCCNC)S(C)(=O)=O)cc1)c1ccccc1. The first-order valence-corrected chi connectivity index (χ1v) is 14.5. The number of carbonyl (C=O) groups is 2. The summed E-state index contributed by atoms with van der Waals surface area (Å²) >= 11 is 0. The van der Waals surface area contributed by atoms with Gasteiger partial charge in [-0.05, 0) is 68.9 Å². The molecular formula is C29H32N4O5S. The van der Waals surface area contributed by atoms with Crippen LogP contribution in [0.3, 0.4) is 0 Å². The second-order valence-corrected chi connectivity index (χ2v) is 10.9. The first kappa shape index (κ1) is 27.9. The molecule has 1 aliphatic heterocycles. The van der Waals surface area contributed by atoms with Crippen LogP contribution in [0.2, 0.25) is 0 Å². The average molecular weight is 549 g/mol. The van der Waals surface area contributed by atoms with E-state index in [1.807, 2.05) is 37.4 Å². The number of benzene rings is 3. The predicted molar refractivity (Wildman–Crippen MR) is 155 cm³/mol. The van der Waals surface area contributed by atoms with Gasteiger partial charge >= 0.3 is 5.97 Å². The van der Waals surface area contributed by atoms with Gasteiger partial charge in [-0.15, -0.1) is 0 Å². The molecule has 0 saturated carbocycles. The Labute approximate surface area is 228 Å². The smallest absolute Gasteiger partial charge is 0.338 e. The van der Waals surface area contributed by atoms with E-state index in [9.17, 15) is 18.0 Å². The predicted octanol–water partition coefficient (Wildman–Crippen LogP) is 4.17. The third-order valence-electron chi connectivity index (χ3n) is 6.20. The minimum absolute atomic E-state index is 0.256. The lowest BCUT2D eigenvalue weighted by Crippen LogP contribution is -2.32. The van der Waals surface area contributed by atoms with Crippen molar-refractivity contribution in [1.82, 2.24) is 5.32 Å². The largest absolute Gasteiger partial charge is 0.462 e. The van der Waals surface area contributed by atoms with Gasteiger partial charge in [0.2, 0.25) is 10.0 Å². The van der Waals surface area contributed by atoms with Gasteiger partial charge in [0.05, 0.1) is 41.1 Å². The molecular weight excluding hydrogens is 516 g/mol. The number of hydrogen-bond donors (Lipinski definition) is 3. The van der Waals surface area contributed by atoms with Crippen LogP contribution >= 0.6 is 0 Å². The van der Waals surface area contributed by atoms with E-state index in [0.717, 1.165) is 5.56 Å². The zero-order valence-electron chi connectivity index (χ0n) is 22.2. The van der Waals surface area contributed by atoms with E-state index in [-0.39, 0.29) is 12.5 Å². The molecule has 0 aliphatic carbocycles. The Morgan fingerprint density at radius 1 is 1.00 bits per heavy atom. The normalized spacial score (nSPS) is 13.9. The third kappa shape index (κ3) is 6.47. The molecule has 0 unspecified atom stereocenters. The van der Waals surface area contributed by atoms with E-state index < -0.39 is 16.0 Å². The lowest BCUT2D eigenvalue weighted by Gasteiger charge is -2.23. The first-order valence-electron chi connectivity index (χ1n) is 12.6. The lowest BCUT2D eigenvalue weighted by molar-refractivity contribution is -0.110. The number of hydrogen-bond acceptors (Lipinski definition) is 7. The number of rotatable bonds is 11. The van der Waals surface area contributed by atoms with Crippen molar-refractivity contribution in [3.8, 4) is 0 Å². The molecule has 0 saturated heterocycles. The number of ether oxygens (including phenoxy) is 1. The van der Waals surface area contributed by atoms with Crippen LogP contribution in [-0.2, 0) is 19.6 Å². The maximum absolute atomic E-state index is 13.2. The van der Waals surface area contributed by atoms with Gasteiger partial charge in [0, 0.05) is 17.8 Å². The molecule has 0 spiro atoms. The number of nitrogens with zero attached hydrogens (tertiary/aromatic N) is 1. The molecule has 204 valence electrons. The lowest BCUT2D eigenvalue weighted by atomic mass is 9.99. The Morgan fingerprint density at radius 3 is 2.36 bits per heavy atom. The molecule has 0 fully saturated rings. The van der Waals surface area contributed by atoms with Crippen LogP contribution in [0.5, 0.6) is 0 Å². The van der Waals surface area contributed by atoms with E-state index in [0.29, 0.717) is 59.0 Å². The second kappa shape index (κ2) is 12.1. The Balaban J connectivity index is 1.71. The molecule has 0 aromatic heterocycles. The highest BCUT2D eigenvalue weighted by Gasteiger charge is 2.29. The Bertz CT molecular complexity index is 1490. The fourth-order valence-corrected chi connectivity index (χ4v) is 5.35. The van der Waals surface area contributed by atoms with Crippen molar-refractivity contribution in [2.24, 2.45) is 0 Å². The highest BCUT2D eigenvalue weighted by atomic mass is 32.2. The summed E-state index contributed by atoms with van der Waals surface area (Å²) in [5, 5.41) is 9.27. The summed E-state index contributed by atoms with van der Waals surface area (Å²) in [6.07, 6.45) is 1.86. The zero-order valence-corrected chi connectivity index (χ0v) is 23.0. The maximum Gasteiger partial charge on any atom is 0.338 e. The fourth-order valence-electron chi connectivity index (χ4n) is 4.39. The van der Waals surface area contributed by atoms with E-state index in [1.54, 1.807) is 49.4 Å². The summed E-state index contributed by atoms with van der Waals surface area (Å²) in [6, 6.07) is 21.5. The van der Waals surface area contributed by atoms with Crippen molar-refractivity contribution in [2.45, 2.75) is 13.3 Å². The highest BCUT2D eigenvalue weighted by molar-refractivity contribution is 7.92. The molecule has 0 bridgehead atoms. The van der Waals surface area contributed by atoms with E-state index >= 15 is 0 Å². The zero-order chi connectivity index (χ0) is 28.0. The summed E-state index contributed by atoms with van der Waals surface area (Å²) in [5.41, 5.74) is 4.57. The van der Waals surface area contributed by atoms with Gasteiger partial charge in [0.25, 0.3) is 5.91 Å². The van der Waals surface area contributed by atoms with Crippen LogP contribution in [0.15, 0.2) is 72.8 Å². The molecule has 0 radical (unpaired) electrons. The summed E-state index contributed by atoms with van der Waals surface area (Å²) in [6.45, 7) is 3.05. The summed E-state index contributed by atoms with van der Waals surface area (Å²) in [7, 11) is -1.63. The monoisotopic (exact) mass is 548 g/mol. The molecule has 3 aromatic carbocycles. The molecule has 39 heavy (non-hydrogen) atoms.